The molecule has 2 nitrogen and oxygen atoms in total. The Labute approximate surface area is 130 Å². The van der Waals surface area contributed by atoms with Gasteiger partial charge in [0.1, 0.15) is 0 Å². The Morgan fingerprint density at radius 3 is 1.19 bits per heavy atom. The van der Waals surface area contributed by atoms with Gasteiger partial charge in [-0.25, -0.2) is 0 Å². The van der Waals surface area contributed by atoms with Crippen LogP contribution in [0, 0.1) is 0 Å². The first kappa shape index (κ1) is 19.3. The van der Waals surface area contributed by atoms with Crippen molar-refractivity contribution in [3.8, 4) is 0 Å². The van der Waals surface area contributed by atoms with Crippen LogP contribution >= 0.6 is 0 Å². The Bertz CT molecular complexity index is 438. The van der Waals surface area contributed by atoms with Gasteiger partial charge < -0.3 is 0 Å². The maximum atomic E-state index is 7.50. The minimum atomic E-state index is -0.955. The summed E-state index contributed by atoms with van der Waals surface area (Å²) in [5.41, 5.74) is 0. The molecule has 4 radical (unpaired) electrons. The van der Waals surface area contributed by atoms with E-state index in [1.165, 1.54) is 19.8 Å². The molecule has 0 N–H and O–H groups in total. The second-order valence-corrected chi connectivity index (χ2v) is 8.33. The molecule has 0 amide bonds. The fourth-order valence-electron chi connectivity index (χ4n) is 1.99. The maximum Gasteiger partial charge on any atom is 0.281 e. The topological polar surface area (TPSA) is 34.1 Å². The van der Waals surface area contributed by atoms with Gasteiger partial charge in [0.05, 0.1) is 0 Å². The molecule has 0 aromatic heterocycles. The molecule has 0 atom stereocenters. The minimum Gasteiger partial charge on any atom is -0.281 e. The molecular formula is C18H20NiO2. The number of hydrogen-bond donors (Lipinski definition) is 0. The normalized spacial score (nSPS) is 10.4. The Morgan fingerprint density at radius 2 is 0.952 bits per heavy atom. The van der Waals surface area contributed by atoms with Crippen LogP contribution in [-0.2, 0) is 22.0 Å². The van der Waals surface area contributed by atoms with Crippen LogP contribution in [0.5, 0.6) is 0 Å². The fourth-order valence-corrected chi connectivity index (χ4v) is 6.07. The molecule has 21 heavy (non-hydrogen) atoms. The molecule has 2 aromatic rings. The van der Waals surface area contributed by atoms with Crippen molar-refractivity contribution in [2.45, 2.75) is 24.6 Å². The van der Waals surface area contributed by atoms with E-state index in [1.807, 2.05) is 0 Å². The van der Waals surface area contributed by atoms with E-state index in [4.69, 9.17) is 9.59 Å². The molecular weight excluding hydrogens is 307 g/mol. The molecule has 3 heteroatoms. The molecule has 0 aliphatic heterocycles. The molecule has 0 unspecified atom stereocenters. The van der Waals surface area contributed by atoms with Gasteiger partial charge in [0.15, 0.2) is 0 Å². The molecule has 0 heterocycles. The second kappa shape index (κ2) is 11.0. The largest absolute Gasteiger partial charge is 0.281 e. The molecule has 2 rings (SSSR count). The van der Waals surface area contributed by atoms with E-state index in [2.05, 4.69) is 88.1 Å². The Morgan fingerprint density at radius 1 is 0.667 bits per heavy atom. The van der Waals surface area contributed by atoms with Crippen molar-refractivity contribution in [2.24, 2.45) is 0 Å². The Hall–Kier alpha value is -1.73. The molecule has 0 spiro atoms. The minimum absolute atomic E-state index is 0.955. The molecule has 2 aromatic carbocycles. The molecule has 0 aliphatic rings. The second-order valence-electron chi connectivity index (χ2n) is 3.65. The summed E-state index contributed by atoms with van der Waals surface area (Å²) < 4.78 is 3.04. The SMILES string of the molecule is C[CH2][Ni]([CH2]C)([c]1ccccc1)[c]1ccccc1.[C]=O.[C]=O. The van der Waals surface area contributed by atoms with Crippen molar-refractivity contribution < 1.29 is 22.0 Å². The van der Waals surface area contributed by atoms with Crippen molar-refractivity contribution in [3.05, 3.63) is 60.7 Å². The third kappa shape index (κ3) is 4.65. The van der Waals surface area contributed by atoms with Gasteiger partial charge in [0, 0.05) is 0 Å². The summed E-state index contributed by atoms with van der Waals surface area (Å²) in [7, 11) is 0. The van der Waals surface area contributed by atoms with E-state index < -0.39 is 12.4 Å². The monoisotopic (exact) mass is 326 g/mol. The van der Waals surface area contributed by atoms with Crippen LogP contribution in [0.3, 0.4) is 0 Å². The molecule has 0 saturated carbocycles. The van der Waals surface area contributed by atoms with Crippen LogP contribution in [0.25, 0.3) is 0 Å². The standard InChI is InChI=1S/2C6H5.2C2H5.2CO.Ni/c2*1-2-4-6-5-3-1;4*1-2;/h2*1-5H;2*1H2,2H3;;;. The zero-order valence-corrected chi connectivity index (χ0v) is 13.3. The third-order valence-electron chi connectivity index (χ3n) is 2.89. The first-order valence-electron chi connectivity index (χ1n) is 6.41. The van der Waals surface area contributed by atoms with Crippen LogP contribution < -0.4 is 9.07 Å². The van der Waals surface area contributed by atoms with Crippen LogP contribution in [0.1, 0.15) is 13.8 Å². The van der Waals surface area contributed by atoms with Gasteiger partial charge in [-0.3, -0.25) is 9.59 Å². The van der Waals surface area contributed by atoms with Gasteiger partial charge in [-0.1, -0.05) is 0 Å². The van der Waals surface area contributed by atoms with E-state index >= 15 is 0 Å². The average Bonchev–Trinajstić information content (AvgIpc) is 2.62. The van der Waals surface area contributed by atoms with E-state index in [9.17, 15) is 0 Å². The predicted molar refractivity (Wildman–Crippen MR) is 84.5 cm³/mol. The summed E-state index contributed by atoms with van der Waals surface area (Å²) in [5.74, 6) is 0. The number of carbonyl (C=O) groups excluding carboxylic acids is 2. The zero-order chi connectivity index (χ0) is 16.1. The van der Waals surface area contributed by atoms with Crippen molar-refractivity contribution in [1.29, 1.82) is 0 Å². The van der Waals surface area contributed by atoms with Gasteiger partial charge in [0.25, 0.3) is 13.6 Å². The van der Waals surface area contributed by atoms with Crippen molar-refractivity contribution in [2.75, 3.05) is 0 Å². The van der Waals surface area contributed by atoms with Gasteiger partial charge in [-0.15, -0.1) is 0 Å². The van der Waals surface area contributed by atoms with Crippen LogP contribution in [0.4, 0.5) is 0 Å². The first-order chi connectivity index (χ1) is 10.3. The Balaban J connectivity index is 0.000000921. The molecule has 0 saturated heterocycles. The average molecular weight is 327 g/mol. The quantitative estimate of drug-likeness (QED) is 0.810. The van der Waals surface area contributed by atoms with Gasteiger partial charge in [0.2, 0.25) is 0 Å². The number of hydrogen-bond acceptors (Lipinski definition) is 2. The molecule has 0 bridgehead atoms. The van der Waals surface area contributed by atoms with E-state index in [0.717, 1.165) is 0 Å². The molecule has 0 aliphatic carbocycles. The number of benzene rings is 2. The van der Waals surface area contributed by atoms with Crippen LogP contribution in [0.2, 0.25) is 10.8 Å². The van der Waals surface area contributed by atoms with E-state index in [0.29, 0.717) is 0 Å². The summed E-state index contributed by atoms with van der Waals surface area (Å²) in [6, 6.07) is 22.0. The summed E-state index contributed by atoms with van der Waals surface area (Å²) in [6.45, 7) is 13.6. The van der Waals surface area contributed by atoms with Gasteiger partial charge >= 0.3 is 107 Å². The summed E-state index contributed by atoms with van der Waals surface area (Å²) in [4.78, 5) is 15.0. The zero-order valence-electron chi connectivity index (χ0n) is 12.3. The fraction of sp³-hybridized carbons (Fsp3) is 0.222. The summed E-state index contributed by atoms with van der Waals surface area (Å²) in [6.07, 6.45) is 0. The van der Waals surface area contributed by atoms with Crippen molar-refractivity contribution >= 4 is 22.6 Å². The predicted octanol–water partition coefficient (Wildman–Crippen LogP) is 2.87. The maximum absolute atomic E-state index is 7.50. The van der Waals surface area contributed by atoms with Crippen LogP contribution in [0.15, 0.2) is 60.7 Å². The van der Waals surface area contributed by atoms with Crippen molar-refractivity contribution in [3.63, 3.8) is 0 Å². The smallest absolute Gasteiger partial charge is 0.281 e. The van der Waals surface area contributed by atoms with E-state index in [1.54, 1.807) is 0 Å². The van der Waals surface area contributed by atoms with Gasteiger partial charge in [-0.2, -0.15) is 0 Å². The number of rotatable bonds is 4. The first-order valence-corrected chi connectivity index (χ1v) is 8.79. The van der Waals surface area contributed by atoms with E-state index in [-0.39, 0.29) is 0 Å². The van der Waals surface area contributed by atoms with Crippen LogP contribution in [-0.4, -0.2) is 13.6 Å². The van der Waals surface area contributed by atoms with Crippen molar-refractivity contribution in [1.82, 2.24) is 0 Å². The summed E-state index contributed by atoms with van der Waals surface area (Å²) in [5, 5.41) is 2.46. The van der Waals surface area contributed by atoms with Gasteiger partial charge in [-0.05, 0) is 0 Å². The molecule has 114 valence electrons. The summed E-state index contributed by atoms with van der Waals surface area (Å²) >= 11 is -0.955. The Kier molecular flexibility index (Phi) is 10.1. The third-order valence-corrected chi connectivity index (χ3v) is 8.11. The molecule has 0 fully saturated rings.